The third-order valence-electron chi connectivity index (χ3n) is 3.38. The average Bonchev–Trinajstić information content (AvgIpc) is 2.88. The van der Waals surface area contributed by atoms with Crippen molar-refractivity contribution in [2.75, 3.05) is 5.32 Å². The summed E-state index contributed by atoms with van der Waals surface area (Å²) in [4.78, 5) is 22.8. The number of rotatable bonds is 4. The van der Waals surface area contributed by atoms with Gasteiger partial charge in [0.25, 0.3) is 5.91 Å². The van der Waals surface area contributed by atoms with E-state index in [0.717, 1.165) is 17.3 Å². The van der Waals surface area contributed by atoms with Gasteiger partial charge in [0.2, 0.25) is 5.69 Å². The lowest BCUT2D eigenvalue weighted by atomic mass is 10.1. The number of aromatic nitrogens is 2. The molecule has 0 aliphatic heterocycles. The van der Waals surface area contributed by atoms with Crippen LogP contribution in [0.1, 0.15) is 28.5 Å². The van der Waals surface area contributed by atoms with Crippen LogP contribution < -0.4 is 5.32 Å². The van der Waals surface area contributed by atoms with Crippen LogP contribution in [0.4, 0.5) is 11.4 Å². The summed E-state index contributed by atoms with van der Waals surface area (Å²) in [6.45, 7) is 5.97. The van der Waals surface area contributed by atoms with E-state index in [0.29, 0.717) is 12.2 Å². The summed E-state index contributed by atoms with van der Waals surface area (Å²) < 4.78 is 1.32. The summed E-state index contributed by atoms with van der Waals surface area (Å²) >= 11 is 0. The molecule has 1 heterocycles. The number of nitro groups is 1. The van der Waals surface area contributed by atoms with Crippen LogP contribution >= 0.6 is 0 Å². The maximum atomic E-state index is 12.4. The highest BCUT2D eigenvalue weighted by molar-refractivity contribution is 6.06. The van der Waals surface area contributed by atoms with Gasteiger partial charge in [0, 0.05) is 12.2 Å². The highest BCUT2D eigenvalue weighted by atomic mass is 16.6. The van der Waals surface area contributed by atoms with Crippen molar-refractivity contribution in [1.82, 2.24) is 9.78 Å². The summed E-state index contributed by atoms with van der Waals surface area (Å²) in [6, 6.07) is 5.52. The van der Waals surface area contributed by atoms with Crippen LogP contribution in [0.3, 0.4) is 0 Å². The quantitative estimate of drug-likeness (QED) is 0.691. The molecule has 0 saturated carbocycles. The minimum atomic E-state index is -0.600. The molecule has 1 N–H and O–H groups in total. The topological polar surface area (TPSA) is 90.1 Å². The second-order valence-corrected chi connectivity index (χ2v) is 4.65. The zero-order chi connectivity index (χ0) is 15.6. The first kappa shape index (κ1) is 14.7. The molecule has 0 aliphatic carbocycles. The van der Waals surface area contributed by atoms with Crippen LogP contribution in [-0.4, -0.2) is 20.6 Å². The summed E-state index contributed by atoms with van der Waals surface area (Å²) in [5.41, 5.74) is 2.27. The van der Waals surface area contributed by atoms with Crippen molar-refractivity contribution in [3.05, 3.63) is 51.3 Å². The van der Waals surface area contributed by atoms with Crippen molar-refractivity contribution in [2.24, 2.45) is 0 Å². The first-order chi connectivity index (χ1) is 9.95. The van der Waals surface area contributed by atoms with Crippen LogP contribution in [0.5, 0.6) is 0 Å². The Bertz CT molecular complexity index is 706. The Hall–Kier alpha value is -2.70. The Labute approximate surface area is 121 Å². The smallest absolute Gasteiger partial charge is 0.320 e. The standard InChI is InChI=1S/C14H16N4O3/c1-4-17-13(12(8-15-17)18(20)21)14(19)16-11-7-5-6-9(2)10(11)3/h5-8H,4H2,1-3H3,(H,16,19). The minimum Gasteiger partial charge on any atom is -0.320 e. The van der Waals surface area contributed by atoms with E-state index >= 15 is 0 Å². The first-order valence-corrected chi connectivity index (χ1v) is 6.53. The van der Waals surface area contributed by atoms with E-state index in [1.807, 2.05) is 26.0 Å². The predicted molar refractivity (Wildman–Crippen MR) is 78.4 cm³/mol. The highest BCUT2D eigenvalue weighted by Crippen LogP contribution is 2.22. The number of nitrogens with one attached hydrogen (secondary N) is 1. The number of hydrogen-bond donors (Lipinski definition) is 1. The van der Waals surface area contributed by atoms with Crippen molar-refractivity contribution < 1.29 is 9.72 Å². The number of benzene rings is 1. The lowest BCUT2D eigenvalue weighted by Gasteiger charge is -2.10. The summed E-state index contributed by atoms with van der Waals surface area (Å²) in [5.74, 6) is -0.533. The van der Waals surface area contributed by atoms with Crippen LogP contribution in [-0.2, 0) is 6.54 Å². The molecule has 0 aliphatic rings. The molecule has 0 radical (unpaired) electrons. The Morgan fingerprint density at radius 2 is 2.14 bits per heavy atom. The predicted octanol–water partition coefficient (Wildman–Crippen LogP) is 2.68. The van der Waals surface area contributed by atoms with E-state index in [4.69, 9.17) is 0 Å². The van der Waals surface area contributed by atoms with Gasteiger partial charge in [0.1, 0.15) is 6.20 Å². The van der Waals surface area contributed by atoms with E-state index < -0.39 is 10.8 Å². The van der Waals surface area contributed by atoms with Gasteiger partial charge in [-0.2, -0.15) is 5.10 Å². The molecule has 2 aromatic rings. The van der Waals surface area contributed by atoms with Crippen molar-refractivity contribution >= 4 is 17.3 Å². The Morgan fingerprint density at radius 3 is 2.76 bits per heavy atom. The Balaban J connectivity index is 2.39. The highest BCUT2D eigenvalue weighted by Gasteiger charge is 2.26. The number of aryl methyl sites for hydroxylation is 2. The average molecular weight is 288 g/mol. The minimum absolute atomic E-state index is 0.0385. The normalized spacial score (nSPS) is 10.4. The van der Waals surface area contributed by atoms with Gasteiger partial charge >= 0.3 is 5.69 Å². The van der Waals surface area contributed by atoms with Gasteiger partial charge in [-0.15, -0.1) is 0 Å². The van der Waals surface area contributed by atoms with E-state index in [1.54, 1.807) is 13.0 Å². The van der Waals surface area contributed by atoms with Crippen LogP contribution in [0.25, 0.3) is 0 Å². The molecule has 0 atom stereocenters. The van der Waals surface area contributed by atoms with Gasteiger partial charge in [-0.1, -0.05) is 12.1 Å². The second kappa shape index (κ2) is 5.74. The van der Waals surface area contributed by atoms with Crippen molar-refractivity contribution in [1.29, 1.82) is 0 Å². The second-order valence-electron chi connectivity index (χ2n) is 4.65. The molecule has 2 rings (SSSR count). The van der Waals surface area contributed by atoms with Gasteiger partial charge in [-0.3, -0.25) is 19.6 Å². The monoisotopic (exact) mass is 288 g/mol. The third kappa shape index (κ3) is 2.76. The maximum Gasteiger partial charge on any atom is 0.320 e. The SMILES string of the molecule is CCn1ncc([N+](=O)[O-])c1C(=O)Nc1cccc(C)c1C. The molecule has 0 bridgehead atoms. The molecule has 1 amide bonds. The molecule has 21 heavy (non-hydrogen) atoms. The lowest BCUT2D eigenvalue weighted by molar-refractivity contribution is -0.385. The molecule has 1 aromatic carbocycles. The van der Waals surface area contributed by atoms with Crippen LogP contribution in [0, 0.1) is 24.0 Å². The van der Waals surface area contributed by atoms with Gasteiger partial charge in [0.15, 0.2) is 0 Å². The zero-order valence-corrected chi connectivity index (χ0v) is 12.1. The zero-order valence-electron chi connectivity index (χ0n) is 12.1. The van der Waals surface area contributed by atoms with E-state index in [2.05, 4.69) is 10.4 Å². The van der Waals surface area contributed by atoms with Gasteiger partial charge < -0.3 is 5.32 Å². The number of nitrogens with zero attached hydrogens (tertiary/aromatic N) is 3. The number of carbonyl (C=O) groups is 1. The summed E-state index contributed by atoms with van der Waals surface area (Å²) in [6.07, 6.45) is 1.10. The fraction of sp³-hybridized carbons (Fsp3) is 0.286. The fourth-order valence-corrected chi connectivity index (χ4v) is 2.05. The van der Waals surface area contributed by atoms with E-state index in [1.165, 1.54) is 4.68 Å². The maximum absolute atomic E-state index is 12.4. The van der Waals surface area contributed by atoms with Crippen molar-refractivity contribution in [2.45, 2.75) is 27.3 Å². The lowest BCUT2D eigenvalue weighted by Crippen LogP contribution is -2.19. The van der Waals surface area contributed by atoms with Crippen molar-refractivity contribution in [3.8, 4) is 0 Å². The molecule has 7 heteroatoms. The third-order valence-corrected chi connectivity index (χ3v) is 3.38. The molecular formula is C14H16N4O3. The van der Waals surface area contributed by atoms with E-state index in [9.17, 15) is 14.9 Å². The molecular weight excluding hydrogens is 272 g/mol. The largest absolute Gasteiger partial charge is 0.320 e. The van der Waals surface area contributed by atoms with Crippen molar-refractivity contribution in [3.63, 3.8) is 0 Å². The summed E-state index contributed by atoms with van der Waals surface area (Å²) in [5, 5.41) is 17.6. The van der Waals surface area contributed by atoms with Gasteiger partial charge in [-0.25, -0.2) is 0 Å². The Morgan fingerprint density at radius 1 is 1.43 bits per heavy atom. The molecule has 7 nitrogen and oxygen atoms in total. The molecule has 1 aromatic heterocycles. The molecule has 0 fully saturated rings. The van der Waals surface area contributed by atoms with Crippen LogP contribution in [0.15, 0.2) is 24.4 Å². The van der Waals surface area contributed by atoms with E-state index in [-0.39, 0.29) is 11.4 Å². The number of amides is 1. The van der Waals surface area contributed by atoms with Gasteiger partial charge in [0.05, 0.1) is 4.92 Å². The fourth-order valence-electron chi connectivity index (χ4n) is 2.05. The number of carbonyl (C=O) groups excluding carboxylic acids is 1. The van der Waals surface area contributed by atoms with Gasteiger partial charge in [-0.05, 0) is 38.0 Å². The molecule has 110 valence electrons. The Kier molecular flexibility index (Phi) is 4.02. The molecule has 0 saturated heterocycles. The number of hydrogen-bond acceptors (Lipinski definition) is 4. The summed E-state index contributed by atoms with van der Waals surface area (Å²) in [7, 11) is 0. The molecule has 0 unspecified atom stereocenters. The molecule has 0 spiro atoms. The first-order valence-electron chi connectivity index (χ1n) is 6.53. The van der Waals surface area contributed by atoms with Crippen LogP contribution in [0.2, 0.25) is 0 Å². The number of anilines is 1.